The molecule has 40 heavy (non-hydrogen) atoms. The Labute approximate surface area is 232 Å². The normalized spacial score (nSPS) is 17.2. The van der Waals surface area contributed by atoms with Gasteiger partial charge in [0.1, 0.15) is 23.3 Å². The first-order valence-corrected chi connectivity index (χ1v) is 13.4. The van der Waals surface area contributed by atoms with Crippen LogP contribution in [0.3, 0.4) is 0 Å². The number of carbonyl (C=O) groups is 1. The first-order valence-electron chi connectivity index (χ1n) is 13.4. The number of hydrogen-bond donors (Lipinski definition) is 1. The van der Waals surface area contributed by atoms with Crippen molar-refractivity contribution in [1.29, 1.82) is 0 Å². The third-order valence-corrected chi connectivity index (χ3v) is 7.64. The van der Waals surface area contributed by atoms with Crippen molar-refractivity contribution in [3.05, 3.63) is 85.1 Å². The van der Waals surface area contributed by atoms with Gasteiger partial charge in [0.05, 0.1) is 22.9 Å². The van der Waals surface area contributed by atoms with Gasteiger partial charge in [-0.2, -0.15) is 0 Å². The molecule has 6 rings (SSSR count). The fourth-order valence-corrected chi connectivity index (χ4v) is 5.45. The zero-order valence-corrected chi connectivity index (χ0v) is 22.8. The highest BCUT2D eigenvalue weighted by Crippen LogP contribution is 2.34. The second-order valence-electron chi connectivity index (χ2n) is 10.4. The highest BCUT2D eigenvalue weighted by Gasteiger charge is 2.30. The fraction of sp³-hybridized carbons (Fsp3) is 0.258. The maximum atomic E-state index is 12.1. The lowest BCUT2D eigenvalue weighted by molar-refractivity contribution is -0.127. The van der Waals surface area contributed by atoms with Gasteiger partial charge in [-0.1, -0.05) is 13.5 Å². The SMILES string of the molecule is C=CC(=O)N1CCC(c2ccc3ncnc(Nc4ccc(Oc5ccc6c(c5)ncn6C)c(C)c4)c3n2)C(C)C1. The molecular formula is C31H31N7O2. The smallest absolute Gasteiger partial charge is 0.245 e. The highest BCUT2D eigenvalue weighted by molar-refractivity contribution is 5.88. The summed E-state index contributed by atoms with van der Waals surface area (Å²) in [5.74, 6) is 2.66. The lowest BCUT2D eigenvalue weighted by atomic mass is 9.84. The molecule has 1 saturated heterocycles. The average molecular weight is 534 g/mol. The summed E-state index contributed by atoms with van der Waals surface area (Å²) in [6, 6.07) is 15.9. The highest BCUT2D eigenvalue weighted by atomic mass is 16.5. The van der Waals surface area contributed by atoms with Crippen LogP contribution in [0.15, 0.2) is 73.8 Å². The maximum absolute atomic E-state index is 12.1. The molecule has 1 fully saturated rings. The molecule has 9 heteroatoms. The Morgan fingerprint density at radius 3 is 2.77 bits per heavy atom. The number of fused-ring (bicyclic) bond motifs is 2. The molecule has 0 saturated carbocycles. The van der Waals surface area contributed by atoms with Crippen LogP contribution < -0.4 is 10.1 Å². The minimum atomic E-state index is -0.0161. The quantitative estimate of drug-likeness (QED) is 0.272. The summed E-state index contributed by atoms with van der Waals surface area (Å²) < 4.78 is 8.16. The number of benzene rings is 2. The van der Waals surface area contributed by atoms with E-state index < -0.39 is 0 Å². The van der Waals surface area contributed by atoms with E-state index in [0.717, 1.165) is 56.9 Å². The number of nitrogens with zero attached hydrogens (tertiary/aromatic N) is 6. The second-order valence-corrected chi connectivity index (χ2v) is 10.4. The molecular weight excluding hydrogens is 502 g/mol. The molecule has 0 aliphatic carbocycles. The van der Waals surface area contributed by atoms with Crippen LogP contribution in [0.5, 0.6) is 11.5 Å². The molecule has 1 aliphatic heterocycles. The monoisotopic (exact) mass is 533 g/mol. The van der Waals surface area contributed by atoms with Crippen molar-refractivity contribution in [3.63, 3.8) is 0 Å². The number of rotatable bonds is 6. The van der Waals surface area contributed by atoms with Gasteiger partial charge in [-0.05, 0) is 73.4 Å². The van der Waals surface area contributed by atoms with Crippen molar-refractivity contribution >= 4 is 39.5 Å². The van der Waals surface area contributed by atoms with Gasteiger partial charge < -0.3 is 19.5 Å². The molecule has 3 aromatic heterocycles. The predicted octanol–water partition coefficient (Wildman–Crippen LogP) is 5.89. The predicted molar refractivity (Wildman–Crippen MR) is 156 cm³/mol. The van der Waals surface area contributed by atoms with E-state index in [2.05, 4.69) is 33.8 Å². The Morgan fingerprint density at radius 2 is 1.98 bits per heavy atom. The summed E-state index contributed by atoms with van der Waals surface area (Å²) in [7, 11) is 1.97. The zero-order chi connectivity index (χ0) is 27.8. The molecule has 1 amide bonds. The van der Waals surface area contributed by atoms with Crippen LogP contribution >= 0.6 is 0 Å². The Balaban J connectivity index is 1.22. The van der Waals surface area contributed by atoms with Gasteiger partial charge in [0.15, 0.2) is 5.82 Å². The fourth-order valence-electron chi connectivity index (χ4n) is 5.45. The van der Waals surface area contributed by atoms with Gasteiger partial charge in [0.2, 0.25) is 5.91 Å². The van der Waals surface area contributed by atoms with Gasteiger partial charge in [0, 0.05) is 43.5 Å². The van der Waals surface area contributed by atoms with Crippen molar-refractivity contribution < 1.29 is 9.53 Å². The molecule has 1 N–H and O–H groups in total. The number of piperidine rings is 1. The van der Waals surface area contributed by atoms with Crippen molar-refractivity contribution in [2.24, 2.45) is 13.0 Å². The Bertz CT molecular complexity index is 1750. The summed E-state index contributed by atoms with van der Waals surface area (Å²) >= 11 is 0. The molecule has 0 spiro atoms. The molecule has 202 valence electrons. The van der Waals surface area contributed by atoms with Crippen LogP contribution in [0.2, 0.25) is 0 Å². The first-order chi connectivity index (χ1) is 19.4. The van der Waals surface area contributed by atoms with Gasteiger partial charge in [-0.25, -0.2) is 19.9 Å². The van der Waals surface area contributed by atoms with Gasteiger partial charge in [-0.15, -0.1) is 0 Å². The molecule has 2 atom stereocenters. The third kappa shape index (κ3) is 4.86. The molecule has 0 bridgehead atoms. The molecule has 1 aliphatic rings. The van der Waals surface area contributed by atoms with E-state index in [9.17, 15) is 4.79 Å². The molecule has 4 heterocycles. The van der Waals surface area contributed by atoms with Crippen molar-refractivity contribution in [2.45, 2.75) is 26.2 Å². The standard InChI is InChI=1S/C31H31N7O2/c1-5-29(39)38-13-12-23(20(3)16-38)24-8-9-25-30(36-24)31(33-17-32-25)35-21-6-11-28(19(2)14-21)40-22-7-10-27-26(15-22)34-18-37(27)4/h5-11,14-15,17-18,20,23H,1,12-13,16H2,2-4H3,(H,32,33,35). The number of hydrogen-bond acceptors (Lipinski definition) is 7. The number of nitrogens with one attached hydrogen (secondary N) is 1. The lowest BCUT2D eigenvalue weighted by Gasteiger charge is -2.36. The van der Waals surface area contributed by atoms with E-state index in [1.807, 2.05) is 72.0 Å². The number of pyridine rings is 1. The Morgan fingerprint density at radius 1 is 1.10 bits per heavy atom. The first kappa shape index (κ1) is 25.5. The van der Waals surface area contributed by atoms with Crippen molar-refractivity contribution in [3.8, 4) is 11.5 Å². The number of likely N-dealkylation sites (tertiary alicyclic amines) is 1. The number of ether oxygens (including phenoxy) is 1. The molecule has 2 aromatic carbocycles. The van der Waals surface area contributed by atoms with E-state index in [4.69, 9.17) is 9.72 Å². The number of aromatic nitrogens is 5. The minimum absolute atomic E-state index is 0.0161. The van der Waals surface area contributed by atoms with E-state index >= 15 is 0 Å². The summed E-state index contributed by atoms with van der Waals surface area (Å²) in [5, 5.41) is 3.43. The summed E-state index contributed by atoms with van der Waals surface area (Å²) in [6.07, 6.45) is 5.58. The molecule has 0 radical (unpaired) electrons. The van der Waals surface area contributed by atoms with Crippen molar-refractivity contribution in [2.75, 3.05) is 18.4 Å². The van der Waals surface area contributed by atoms with Crippen LogP contribution in [-0.2, 0) is 11.8 Å². The van der Waals surface area contributed by atoms with Gasteiger partial charge >= 0.3 is 0 Å². The van der Waals surface area contributed by atoms with Crippen molar-refractivity contribution in [1.82, 2.24) is 29.4 Å². The van der Waals surface area contributed by atoms with Gasteiger partial charge in [-0.3, -0.25) is 4.79 Å². The van der Waals surface area contributed by atoms with Crippen LogP contribution in [0.4, 0.5) is 11.5 Å². The lowest BCUT2D eigenvalue weighted by Crippen LogP contribution is -2.41. The topological polar surface area (TPSA) is 98.1 Å². The largest absolute Gasteiger partial charge is 0.457 e. The molecule has 9 nitrogen and oxygen atoms in total. The van der Waals surface area contributed by atoms with E-state index in [-0.39, 0.29) is 17.7 Å². The Hall–Kier alpha value is -4.79. The van der Waals surface area contributed by atoms with Gasteiger partial charge in [0.25, 0.3) is 0 Å². The number of aryl methyl sites for hydroxylation is 2. The average Bonchev–Trinajstić information content (AvgIpc) is 3.33. The summed E-state index contributed by atoms with van der Waals surface area (Å²) in [6.45, 7) is 9.18. The van der Waals surface area contributed by atoms with Crippen LogP contribution in [0.1, 0.15) is 30.5 Å². The summed E-state index contributed by atoms with van der Waals surface area (Å²) in [5.41, 5.74) is 6.29. The third-order valence-electron chi connectivity index (χ3n) is 7.64. The number of carbonyl (C=O) groups excluding carboxylic acids is 1. The maximum Gasteiger partial charge on any atom is 0.245 e. The molecule has 2 unspecified atom stereocenters. The van der Waals surface area contributed by atoms with E-state index in [1.54, 1.807) is 12.7 Å². The van der Waals surface area contributed by atoms with Crippen LogP contribution in [0.25, 0.3) is 22.1 Å². The minimum Gasteiger partial charge on any atom is -0.457 e. The number of amides is 1. The van der Waals surface area contributed by atoms with Crippen LogP contribution in [0, 0.1) is 12.8 Å². The van der Waals surface area contributed by atoms with E-state index in [1.165, 1.54) is 6.08 Å². The number of anilines is 2. The van der Waals surface area contributed by atoms with Crippen LogP contribution in [-0.4, -0.2) is 48.4 Å². The van der Waals surface area contributed by atoms with E-state index in [0.29, 0.717) is 18.9 Å². The second kappa shape index (κ2) is 10.4. The zero-order valence-electron chi connectivity index (χ0n) is 22.8. The number of imidazole rings is 1. The summed E-state index contributed by atoms with van der Waals surface area (Å²) in [4.78, 5) is 32.3. The Kier molecular flexibility index (Phi) is 6.63. The molecule has 5 aromatic rings.